The zero-order valence-electron chi connectivity index (χ0n) is 61.5. The van der Waals surface area contributed by atoms with E-state index in [2.05, 4.69) is 170 Å². The van der Waals surface area contributed by atoms with Gasteiger partial charge in [-0.15, -0.1) is 59.4 Å². The van der Waals surface area contributed by atoms with Crippen LogP contribution in [0.1, 0.15) is 140 Å². The highest BCUT2D eigenvalue weighted by molar-refractivity contribution is 9.11. The van der Waals surface area contributed by atoms with Gasteiger partial charge in [0.05, 0.1) is 56.4 Å². The number of hydrogen-bond donors (Lipinski definition) is 4. The maximum absolute atomic E-state index is 13.0. The van der Waals surface area contributed by atoms with Crippen molar-refractivity contribution in [3.63, 3.8) is 0 Å². The normalized spacial score (nSPS) is 18.2. The molecule has 10 aromatic heterocycles. The Bertz CT molecular complexity index is 4870. The van der Waals surface area contributed by atoms with Crippen molar-refractivity contribution in [1.29, 1.82) is 0 Å². The van der Waals surface area contributed by atoms with Gasteiger partial charge in [-0.25, -0.2) is 76.1 Å². The number of rotatable bonds is 11. The summed E-state index contributed by atoms with van der Waals surface area (Å²) in [5, 5.41) is 43.4. The molecule has 47 heteroatoms. The fraction of sp³-hybridized carbons (Fsp3) is 0.538. The summed E-state index contributed by atoms with van der Waals surface area (Å²) in [6.07, 6.45) is 10.2. The molecule has 10 aromatic rings. The van der Waals surface area contributed by atoms with E-state index in [4.69, 9.17) is 31.8 Å². The summed E-state index contributed by atoms with van der Waals surface area (Å²) in [4.78, 5) is 102. The molecule has 0 radical (unpaired) electrons. The van der Waals surface area contributed by atoms with E-state index < -0.39 is 24.0 Å². The highest BCUT2D eigenvalue weighted by Gasteiger charge is 2.33. The fourth-order valence-electron chi connectivity index (χ4n) is 12.7. The summed E-state index contributed by atoms with van der Waals surface area (Å²) < 4.78 is 61.9. The number of hydrogen-bond acceptors (Lipinski definition) is 30. The minimum absolute atomic E-state index is 0. The van der Waals surface area contributed by atoms with E-state index in [0.717, 1.165) is 111 Å². The largest absolute Gasteiger partial charge is 0.481 e. The van der Waals surface area contributed by atoms with E-state index in [1.54, 1.807) is 34.7 Å². The van der Waals surface area contributed by atoms with Gasteiger partial charge in [0.25, 0.3) is 6.43 Å². The van der Waals surface area contributed by atoms with Crippen LogP contribution in [0.4, 0.5) is 20.7 Å². The molecule has 38 nitrogen and oxygen atoms in total. The quantitative estimate of drug-likeness (QED) is 0.0543. The number of aliphatic carboxylic acids is 1. The Morgan fingerprint density at radius 3 is 1.49 bits per heavy atom. The number of halogens is 8. The van der Waals surface area contributed by atoms with Gasteiger partial charge in [0.1, 0.15) is 56.9 Å². The second-order valence-corrected chi connectivity index (χ2v) is 31.5. The summed E-state index contributed by atoms with van der Waals surface area (Å²) >= 11 is 17.2. The lowest BCUT2D eigenvalue weighted by Gasteiger charge is -2.24. The Balaban J connectivity index is 0.000000153. The summed E-state index contributed by atoms with van der Waals surface area (Å²) in [6, 6.07) is 3.42. The third-order valence-electron chi connectivity index (χ3n) is 18.1. The van der Waals surface area contributed by atoms with Crippen LogP contribution < -0.4 is 17.2 Å². The average molecular weight is 1920 g/mol. The number of methoxy groups -OCH3 is 3. The number of nitrogens with zero attached hydrogens (tertiary/aromatic N) is 24. The number of aryl methyl sites for hydroxylation is 7. The van der Waals surface area contributed by atoms with E-state index in [9.17, 15) is 37.5 Å². The van der Waals surface area contributed by atoms with Crippen molar-refractivity contribution in [3.8, 4) is 10.6 Å². The first kappa shape index (κ1) is 87.4. The van der Waals surface area contributed by atoms with E-state index in [1.807, 2.05) is 39.5 Å². The predicted molar refractivity (Wildman–Crippen MR) is 415 cm³/mol. The minimum atomic E-state index is -2.63. The molecule has 6 aliphatic heterocycles. The van der Waals surface area contributed by atoms with Gasteiger partial charge in [-0.2, -0.15) is 15.1 Å². The number of nitrogens with two attached hydrogens (primary N) is 3. The molecule has 0 spiro atoms. The first-order valence-electron chi connectivity index (χ1n) is 34.8. The molecule has 6 unspecified atom stereocenters. The molecule has 0 aliphatic carbocycles. The second kappa shape index (κ2) is 39.5. The Hall–Kier alpha value is -8.57. The molecule has 16 rings (SSSR count). The van der Waals surface area contributed by atoms with Crippen LogP contribution in [-0.2, 0) is 123 Å². The number of carboxylic acid groups (broad SMARTS) is 1. The fourth-order valence-corrected chi connectivity index (χ4v) is 15.5. The average Bonchev–Trinajstić information content (AvgIpc) is 1.64. The zero-order valence-corrected chi connectivity index (χ0v) is 71.1. The lowest BCUT2D eigenvalue weighted by Crippen LogP contribution is -2.31. The second-order valence-electron chi connectivity index (χ2n) is 27.1. The van der Waals surface area contributed by atoms with Gasteiger partial charge in [0.2, 0.25) is 35.6 Å². The molecule has 6 atom stereocenters. The summed E-state index contributed by atoms with van der Waals surface area (Å²) in [7, 11) is 5.81. The van der Waals surface area contributed by atoms with E-state index in [1.165, 1.54) is 42.1 Å². The number of thiazole rings is 1. The molecule has 7 N–H and O–H groups in total. The number of carboxylic acids is 1. The molecule has 0 aromatic carbocycles. The van der Waals surface area contributed by atoms with Gasteiger partial charge in [0.15, 0.2) is 11.4 Å². The highest BCUT2D eigenvalue weighted by atomic mass is 79.9. The molecule has 0 fully saturated rings. The van der Waals surface area contributed by atoms with Crippen LogP contribution in [0.2, 0.25) is 0 Å². The van der Waals surface area contributed by atoms with Gasteiger partial charge in [-0.3, -0.25) is 28.7 Å². The van der Waals surface area contributed by atoms with Gasteiger partial charge >= 0.3 is 29.8 Å². The van der Waals surface area contributed by atoms with E-state index >= 15 is 0 Å². The number of ether oxygens (including phenoxy) is 4. The lowest BCUT2D eigenvalue weighted by atomic mass is 9.91. The molecule has 0 saturated carbocycles. The van der Waals surface area contributed by atoms with Gasteiger partial charge in [-0.05, 0) is 163 Å². The molecule has 16 heterocycles. The molecule has 604 valence electrons. The Morgan fingerprint density at radius 1 is 0.580 bits per heavy atom. The number of Topliss-reactive ketones (excluding diaryl/α,β-unsaturated/α-hetero) is 1. The lowest BCUT2D eigenvalue weighted by molar-refractivity contribution is -0.156. The van der Waals surface area contributed by atoms with Crippen molar-refractivity contribution in [1.82, 2.24) is 118 Å². The van der Waals surface area contributed by atoms with Crippen LogP contribution in [-0.4, -0.2) is 192 Å². The van der Waals surface area contributed by atoms with Crippen LogP contribution >= 0.6 is 103 Å². The number of carbonyl (C=O) groups is 6. The van der Waals surface area contributed by atoms with Gasteiger partial charge in [-0.1, -0.05) is 0 Å². The number of nitrogen functional groups attached to an aromatic ring is 2. The van der Waals surface area contributed by atoms with Crippen molar-refractivity contribution in [2.75, 3.05) is 32.8 Å². The Kier molecular flexibility index (Phi) is 30.8. The molecule has 0 saturated heterocycles. The topological polar surface area (TPSA) is 483 Å². The first-order chi connectivity index (χ1) is 52.8. The maximum atomic E-state index is 13.0. The number of alkyl halides is 2. The molecular formula is C65H81Br5ClF2N27O11S. The van der Waals surface area contributed by atoms with Crippen LogP contribution in [0.15, 0.2) is 53.6 Å². The van der Waals surface area contributed by atoms with Crippen LogP contribution in [0.5, 0.6) is 0 Å². The standard InChI is InChI=1S/C16H15BrF2N6OS.C12H18BrN3O2.C8H10BrN3O2.C8H12N4O2.C8H8N4O2.C7H8BrN3O2.C6H9BrN4.ClH/c1-24-13(9(6-20-24)15-21-10(7-27-15)14(18)19)11(26)4-8-2-3-25-12(5-8)22-16(17)23-25;1-12(2,3)18-10(17)7-8-4-5-16-9(6-8)14-11(13)15-16;3*1-14-7(13)5-2-3-12-6(4-5)10-8(9)11-12;8-7-9-5-3-4(6(12)13)1-2-11(5)10-7;7-6-9-5-3-4(8)1-2-11(5)10-6;/h6-8,14H,2-5H2,1H3;8H,4-7H2,1-3H3;5H,2-4H2,1H3;5H,2-4H2,1H3,(H2,9,11);2-4H,1H3,(H2,9,11);4H,1-3H2,(H,12,13);4H,1-3,8H2;1H. The molecule has 0 amide bonds. The van der Waals surface area contributed by atoms with Crippen molar-refractivity contribution >= 4 is 157 Å². The maximum Gasteiger partial charge on any atom is 0.338 e. The van der Waals surface area contributed by atoms with Crippen LogP contribution in [0.25, 0.3) is 16.2 Å². The number of pyridine rings is 1. The zero-order chi connectivity index (χ0) is 80.1. The molecular weight excluding hydrogens is 1840 g/mol. The van der Waals surface area contributed by atoms with Gasteiger partial charge in [0, 0.05) is 115 Å². The number of anilines is 2. The van der Waals surface area contributed by atoms with Crippen molar-refractivity contribution < 1.29 is 61.6 Å². The monoisotopic (exact) mass is 1920 g/mol. The van der Waals surface area contributed by atoms with Crippen molar-refractivity contribution in [3.05, 3.63) is 105 Å². The van der Waals surface area contributed by atoms with Crippen molar-refractivity contribution in [2.45, 2.75) is 168 Å². The van der Waals surface area contributed by atoms with Crippen LogP contribution in [0.3, 0.4) is 0 Å². The van der Waals surface area contributed by atoms with Crippen LogP contribution in [0, 0.1) is 29.6 Å². The SMILES string of the molecule is CC(C)(C)OC(=O)CC1CCn2nc(Br)nc2C1.COC(=O)C1CCn2nc(Br)nc2C1.COC(=O)C1CCn2nc(N)nc2C1.COC(=O)c1ccn2nc(N)nc2c1.Cl.Cn1ncc(-c2nc(C(F)F)cs2)c1C(=O)CC1CCn2nc(Br)nc2C1.NC1CCn2nc(Br)nc2C1.O=C(O)C1CCn2nc(Br)nc2C1. The molecule has 6 aliphatic rings. The van der Waals surface area contributed by atoms with E-state index in [0.29, 0.717) is 122 Å². The summed E-state index contributed by atoms with van der Waals surface area (Å²) in [6.45, 7) is 10.2. The summed E-state index contributed by atoms with van der Waals surface area (Å²) in [5.74, 6) is 3.91. The number of carbonyl (C=O) groups excluding carboxylic acids is 5. The third-order valence-corrected chi connectivity index (χ3v) is 20.6. The Labute approximate surface area is 690 Å². The minimum Gasteiger partial charge on any atom is -0.481 e. The first-order valence-corrected chi connectivity index (χ1v) is 39.6. The number of ketones is 1. The molecule has 112 heavy (non-hydrogen) atoms. The van der Waals surface area contributed by atoms with Gasteiger partial charge < -0.3 is 41.3 Å². The Morgan fingerprint density at radius 2 is 1.02 bits per heavy atom. The molecule has 0 bridgehead atoms. The highest BCUT2D eigenvalue weighted by Crippen LogP contribution is 2.34. The number of esters is 4. The number of fused-ring (bicyclic) bond motifs is 7. The third kappa shape index (κ3) is 23.8. The predicted octanol–water partition coefficient (Wildman–Crippen LogP) is 7.90. The number of aromatic nitrogens is 24. The smallest absolute Gasteiger partial charge is 0.338 e. The summed E-state index contributed by atoms with van der Waals surface area (Å²) in [5.41, 5.74) is 17.8. The van der Waals surface area contributed by atoms with Crippen molar-refractivity contribution in [2.24, 2.45) is 42.4 Å². The van der Waals surface area contributed by atoms with E-state index in [-0.39, 0.29) is 83.4 Å².